The first-order valence-corrected chi connectivity index (χ1v) is 8.93. The molecule has 1 N–H and O–H groups in total. The Bertz CT molecular complexity index is 587. The van der Waals surface area contributed by atoms with Crippen LogP contribution in [0.2, 0.25) is 0 Å². The van der Waals surface area contributed by atoms with Gasteiger partial charge in [0.05, 0.1) is 19.6 Å². The van der Waals surface area contributed by atoms with Crippen LogP contribution in [-0.2, 0) is 16.0 Å². The summed E-state index contributed by atoms with van der Waals surface area (Å²) in [7, 11) is 3.48. The van der Waals surface area contributed by atoms with Crippen molar-refractivity contribution >= 4 is 35.9 Å². The molecule has 26 heavy (non-hydrogen) atoms. The van der Waals surface area contributed by atoms with E-state index in [1.165, 1.54) is 5.56 Å². The van der Waals surface area contributed by atoms with Crippen LogP contribution < -0.4 is 10.1 Å². The number of hydrogen-bond acceptors (Lipinski definition) is 4. The Morgan fingerprint density at radius 2 is 2.08 bits per heavy atom. The van der Waals surface area contributed by atoms with Crippen LogP contribution in [0.25, 0.3) is 0 Å². The zero-order valence-electron chi connectivity index (χ0n) is 15.9. The predicted octanol–water partition coefficient (Wildman–Crippen LogP) is 2.71. The lowest BCUT2D eigenvalue weighted by Gasteiger charge is -2.33. The molecule has 1 saturated heterocycles. The number of benzene rings is 1. The Labute approximate surface area is 173 Å². The van der Waals surface area contributed by atoms with Gasteiger partial charge in [-0.2, -0.15) is 0 Å². The number of nitrogens with zero attached hydrogens (tertiary/aromatic N) is 2. The van der Waals surface area contributed by atoms with Gasteiger partial charge in [0.25, 0.3) is 0 Å². The summed E-state index contributed by atoms with van der Waals surface area (Å²) in [6.07, 6.45) is 2.53. The van der Waals surface area contributed by atoms with Crippen molar-refractivity contribution in [2.45, 2.75) is 26.2 Å². The third-order valence-electron chi connectivity index (χ3n) is 4.46. The van der Waals surface area contributed by atoms with Gasteiger partial charge in [-0.25, -0.2) is 0 Å². The van der Waals surface area contributed by atoms with Crippen LogP contribution in [-0.4, -0.2) is 57.2 Å². The first kappa shape index (κ1) is 22.5. The molecule has 0 bridgehead atoms. The standard InChI is InChI=1S/C19H29N3O3.HI/c1-4-25-18(23)16-9-12-22(13-10-16)19(20-2)21-11-8-15-6-5-7-17(14-15)24-3;/h5-7,14,16H,4,8-13H2,1-3H3,(H,20,21);1H. The van der Waals surface area contributed by atoms with Crippen molar-refractivity contribution in [1.82, 2.24) is 10.2 Å². The highest BCUT2D eigenvalue weighted by atomic mass is 127. The van der Waals surface area contributed by atoms with E-state index in [-0.39, 0.29) is 35.9 Å². The van der Waals surface area contributed by atoms with E-state index in [0.717, 1.165) is 50.6 Å². The minimum atomic E-state index is -0.0666. The van der Waals surface area contributed by atoms with Crippen molar-refractivity contribution in [1.29, 1.82) is 0 Å². The molecule has 0 amide bonds. The van der Waals surface area contributed by atoms with Gasteiger partial charge in [0.1, 0.15) is 5.75 Å². The average Bonchev–Trinajstić information content (AvgIpc) is 2.66. The van der Waals surface area contributed by atoms with Gasteiger partial charge in [-0.3, -0.25) is 9.79 Å². The Kier molecular flexibility index (Phi) is 10.4. The zero-order chi connectivity index (χ0) is 18.1. The highest BCUT2D eigenvalue weighted by Gasteiger charge is 2.27. The Hall–Kier alpha value is -1.51. The lowest BCUT2D eigenvalue weighted by molar-refractivity contribution is -0.149. The molecule has 1 aromatic carbocycles. The van der Waals surface area contributed by atoms with Crippen LogP contribution in [0, 0.1) is 5.92 Å². The molecule has 6 nitrogen and oxygen atoms in total. The van der Waals surface area contributed by atoms with Gasteiger partial charge >= 0.3 is 5.97 Å². The number of carbonyl (C=O) groups is 1. The third kappa shape index (κ3) is 6.66. The van der Waals surface area contributed by atoms with Crippen molar-refractivity contribution in [3.8, 4) is 5.75 Å². The van der Waals surface area contributed by atoms with Gasteiger partial charge < -0.3 is 19.7 Å². The first-order chi connectivity index (χ1) is 12.2. The summed E-state index contributed by atoms with van der Waals surface area (Å²) in [4.78, 5) is 18.4. The van der Waals surface area contributed by atoms with E-state index in [1.807, 2.05) is 19.1 Å². The van der Waals surface area contributed by atoms with Crippen molar-refractivity contribution in [3.63, 3.8) is 0 Å². The molecule has 146 valence electrons. The molecule has 0 aromatic heterocycles. The molecule has 0 unspecified atom stereocenters. The number of likely N-dealkylation sites (tertiary alicyclic amines) is 1. The van der Waals surface area contributed by atoms with Crippen molar-refractivity contribution in [2.75, 3.05) is 40.4 Å². The number of esters is 1. The highest BCUT2D eigenvalue weighted by Crippen LogP contribution is 2.19. The van der Waals surface area contributed by atoms with E-state index in [9.17, 15) is 4.79 Å². The second-order valence-electron chi connectivity index (χ2n) is 6.09. The Morgan fingerprint density at radius 3 is 2.69 bits per heavy atom. The minimum absolute atomic E-state index is 0. The summed E-state index contributed by atoms with van der Waals surface area (Å²) >= 11 is 0. The number of piperidine rings is 1. The number of ether oxygens (including phenoxy) is 2. The largest absolute Gasteiger partial charge is 0.497 e. The SMILES string of the molecule is CCOC(=O)C1CCN(C(=NC)NCCc2cccc(OC)c2)CC1.I. The number of hydrogen-bond donors (Lipinski definition) is 1. The van der Waals surface area contributed by atoms with E-state index in [2.05, 4.69) is 27.3 Å². The number of halogens is 1. The van der Waals surface area contributed by atoms with E-state index >= 15 is 0 Å². The van der Waals surface area contributed by atoms with Crippen LogP contribution in [0.3, 0.4) is 0 Å². The normalized spacial score (nSPS) is 15.2. The molecule has 1 fully saturated rings. The maximum absolute atomic E-state index is 11.8. The van der Waals surface area contributed by atoms with Crippen LogP contribution >= 0.6 is 24.0 Å². The van der Waals surface area contributed by atoms with Crippen LogP contribution in [0.1, 0.15) is 25.3 Å². The summed E-state index contributed by atoms with van der Waals surface area (Å²) < 4.78 is 10.4. The van der Waals surface area contributed by atoms with Gasteiger partial charge in [0.15, 0.2) is 5.96 Å². The van der Waals surface area contributed by atoms with Gasteiger partial charge in [-0.1, -0.05) is 12.1 Å². The van der Waals surface area contributed by atoms with Gasteiger partial charge in [0.2, 0.25) is 0 Å². The molecule has 0 atom stereocenters. The smallest absolute Gasteiger partial charge is 0.309 e. The Morgan fingerprint density at radius 1 is 1.35 bits per heavy atom. The molecular formula is C19H30IN3O3. The van der Waals surface area contributed by atoms with Gasteiger partial charge in [-0.15, -0.1) is 24.0 Å². The second-order valence-corrected chi connectivity index (χ2v) is 6.09. The van der Waals surface area contributed by atoms with Gasteiger partial charge in [0, 0.05) is 26.7 Å². The number of rotatable bonds is 6. The zero-order valence-corrected chi connectivity index (χ0v) is 18.2. The lowest BCUT2D eigenvalue weighted by Crippen LogP contribution is -2.47. The highest BCUT2D eigenvalue weighted by molar-refractivity contribution is 14.0. The van der Waals surface area contributed by atoms with Crippen LogP contribution in [0.15, 0.2) is 29.3 Å². The van der Waals surface area contributed by atoms with Crippen LogP contribution in [0.4, 0.5) is 0 Å². The summed E-state index contributed by atoms with van der Waals surface area (Å²) in [6, 6.07) is 8.10. The van der Waals surface area contributed by atoms with Crippen LogP contribution in [0.5, 0.6) is 5.75 Å². The summed E-state index contributed by atoms with van der Waals surface area (Å²) in [5.74, 6) is 1.72. The van der Waals surface area contributed by atoms with Crippen molar-refractivity contribution in [2.24, 2.45) is 10.9 Å². The minimum Gasteiger partial charge on any atom is -0.497 e. The fourth-order valence-corrected chi connectivity index (χ4v) is 3.07. The average molecular weight is 475 g/mol. The maximum atomic E-state index is 11.8. The summed E-state index contributed by atoms with van der Waals surface area (Å²) in [5, 5.41) is 3.41. The number of guanidine groups is 1. The van der Waals surface area contributed by atoms with Gasteiger partial charge in [-0.05, 0) is 43.9 Å². The van der Waals surface area contributed by atoms with E-state index < -0.39 is 0 Å². The quantitative estimate of drug-likeness (QED) is 0.297. The maximum Gasteiger partial charge on any atom is 0.309 e. The van der Waals surface area contributed by atoms with E-state index in [1.54, 1.807) is 14.2 Å². The summed E-state index contributed by atoms with van der Waals surface area (Å²) in [5.41, 5.74) is 1.23. The molecule has 1 aliphatic heterocycles. The fraction of sp³-hybridized carbons (Fsp3) is 0.579. The topological polar surface area (TPSA) is 63.2 Å². The number of aliphatic imine (C=N–C) groups is 1. The monoisotopic (exact) mass is 475 g/mol. The molecule has 7 heteroatoms. The molecule has 2 rings (SSSR count). The number of methoxy groups -OCH3 is 1. The van der Waals surface area contributed by atoms with Crippen molar-refractivity contribution in [3.05, 3.63) is 29.8 Å². The predicted molar refractivity (Wildman–Crippen MR) is 114 cm³/mol. The van der Waals surface area contributed by atoms with Crippen molar-refractivity contribution < 1.29 is 14.3 Å². The molecule has 1 aliphatic rings. The molecular weight excluding hydrogens is 445 g/mol. The van der Waals surface area contributed by atoms with E-state index in [0.29, 0.717) is 6.61 Å². The summed E-state index contributed by atoms with van der Waals surface area (Å²) in [6.45, 7) is 4.75. The number of nitrogens with one attached hydrogen (secondary N) is 1. The fourth-order valence-electron chi connectivity index (χ4n) is 3.07. The molecule has 0 radical (unpaired) electrons. The molecule has 0 saturated carbocycles. The second kappa shape index (κ2) is 12.0. The molecule has 1 heterocycles. The lowest BCUT2D eigenvalue weighted by atomic mass is 9.97. The third-order valence-corrected chi connectivity index (χ3v) is 4.46. The van der Waals surface area contributed by atoms with E-state index in [4.69, 9.17) is 9.47 Å². The Balaban J connectivity index is 0.00000338. The number of carbonyl (C=O) groups excluding carboxylic acids is 1. The molecule has 1 aromatic rings. The first-order valence-electron chi connectivity index (χ1n) is 8.93. The molecule has 0 aliphatic carbocycles. The molecule has 0 spiro atoms.